The fourth-order valence-electron chi connectivity index (χ4n) is 3.50. The van der Waals surface area contributed by atoms with E-state index in [1.54, 1.807) is 36.4 Å². The first-order chi connectivity index (χ1) is 13.4. The number of nitrogen functional groups attached to an aromatic ring is 1. The minimum absolute atomic E-state index is 0. The average Bonchev–Trinajstić information content (AvgIpc) is 2.98. The van der Waals surface area contributed by atoms with Gasteiger partial charge in [0.05, 0.1) is 0 Å². The van der Waals surface area contributed by atoms with Gasteiger partial charge in [-0.3, -0.25) is 24.5 Å². The number of halogens is 1. The van der Waals surface area contributed by atoms with Crippen LogP contribution in [0.2, 0.25) is 0 Å². The SMILES string of the molecule is Cl.Nc1cccc(NC(=O)c2cccc3c2CN(C2CCC(=O)NC2=O)C3=O)n1. The average molecular weight is 416 g/mol. The summed E-state index contributed by atoms with van der Waals surface area (Å²) in [7, 11) is 0. The Balaban J connectivity index is 0.00000240. The summed E-state index contributed by atoms with van der Waals surface area (Å²) in [6.45, 7) is 0.119. The second kappa shape index (κ2) is 7.88. The molecular weight excluding hydrogens is 398 g/mol. The minimum Gasteiger partial charge on any atom is -0.384 e. The van der Waals surface area contributed by atoms with Crippen LogP contribution < -0.4 is 16.4 Å². The van der Waals surface area contributed by atoms with Crippen LogP contribution in [0, 0.1) is 0 Å². The first-order valence-corrected chi connectivity index (χ1v) is 8.74. The van der Waals surface area contributed by atoms with Gasteiger partial charge in [-0.25, -0.2) is 4.98 Å². The number of amides is 4. The molecule has 0 saturated carbocycles. The van der Waals surface area contributed by atoms with Gasteiger partial charge in [-0.05, 0) is 36.2 Å². The maximum Gasteiger partial charge on any atom is 0.257 e. The lowest BCUT2D eigenvalue weighted by Crippen LogP contribution is -2.52. The minimum atomic E-state index is -0.732. The number of anilines is 2. The monoisotopic (exact) mass is 415 g/mol. The van der Waals surface area contributed by atoms with E-state index < -0.39 is 17.9 Å². The topological polar surface area (TPSA) is 134 Å². The van der Waals surface area contributed by atoms with Gasteiger partial charge in [0.1, 0.15) is 17.7 Å². The van der Waals surface area contributed by atoms with E-state index in [9.17, 15) is 19.2 Å². The molecule has 9 nitrogen and oxygen atoms in total. The van der Waals surface area contributed by atoms with E-state index in [2.05, 4.69) is 15.6 Å². The number of benzene rings is 1. The molecule has 0 radical (unpaired) electrons. The molecule has 4 N–H and O–H groups in total. The zero-order valence-electron chi connectivity index (χ0n) is 15.2. The number of hydrogen-bond acceptors (Lipinski definition) is 6. The summed E-state index contributed by atoms with van der Waals surface area (Å²) < 4.78 is 0. The number of rotatable bonds is 3. The number of piperidine rings is 1. The number of aromatic nitrogens is 1. The number of nitrogens with two attached hydrogens (primary N) is 1. The van der Waals surface area contributed by atoms with E-state index in [1.165, 1.54) is 4.90 Å². The van der Waals surface area contributed by atoms with E-state index in [4.69, 9.17) is 5.73 Å². The summed E-state index contributed by atoms with van der Waals surface area (Å²) >= 11 is 0. The smallest absolute Gasteiger partial charge is 0.257 e. The number of imide groups is 1. The Bertz CT molecular complexity index is 1030. The third kappa shape index (κ3) is 3.77. The van der Waals surface area contributed by atoms with Gasteiger partial charge in [0.25, 0.3) is 11.8 Å². The van der Waals surface area contributed by atoms with Gasteiger partial charge in [-0.15, -0.1) is 12.4 Å². The summed E-state index contributed by atoms with van der Waals surface area (Å²) in [6, 6.07) is 9.00. The molecule has 2 aromatic rings. The molecule has 1 unspecified atom stereocenters. The molecular formula is C19H18ClN5O4. The van der Waals surface area contributed by atoms with Crippen molar-refractivity contribution in [1.82, 2.24) is 15.2 Å². The van der Waals surface area contributed by atoms with Crippen LogP contribution in [0.15, 0.2) is 36.4 Å². The number of nitrogens with zero attached hydrogens (tertiary/aromatic N) is 2. The number of fused-ring (bicyclic) bond motifs is 1. The first-order valence-electron chi connectivity index (χ1n) is 8.74. The van der Waals surface area contributed by atoms with Crippen LogP contribution in [-0.4, -0.2) is 39.6 Å². The van der Waals surface area contributed by atoms with E-state index in [0.717, 1.165) is 0 Å². The van der Waals surface area contributed by atoms with Gasteiger partial charge in [-0.1, -0.05) is 12.1 Å². The van der Waals surface area contributed by atoms with Crippen molar-refractivity contribution >= 4 is 47.7 Å². The third-order valence-electron chi connectivity index (χ3n) is 4.84. The van der Waals surface area contributed by atoms with Crippen molar-refractivity contribution < 1.29 is 19.2 Å². The van der Waals surface area contributed by atoms with Crippen LogP contribution in [0.25, 0.3) is 0 Å². The molecule has 2 aliphatic heterocycles. The van der Waals surface area contributed by atoms with Crippen LogP contribution >= 0.6 is 12.4 Å². The highest BCUT2D eigenvalue weighted by Gasteiger charge is 2.40. The van der Waals surface area contributed by atoms with Gasteiger partial charge in [-0.2, -0.15) is 0 Å². The Labute approximate surface area is 172 Å². The Morgan fingerprint density at radius 2 is 1.93 bits per heavy atom. The van der Waals surface area contributed by atoms with E-state index in [-0.39, 0.29) is 49.4 Å². The number of pyridine rings is 1. The fraction of sp³-hybridized carbons (Fsp3) is 0.211. The Morgan fingerprint density at radius 3 is 2.66 bits per heavy atom. The lowest BCUT2D eigenvalue weighted by Gasteiger charge is -2.29. The molecule has 3 heterocycles. The highest BCUT2D eigenvalue weighted by molar-refractivity contribution is 6.10. The molecule has 0 spiro atoms. The van der Waals surface area contributed by atoms with Gasteiger partial charge >= 0.3 is 0 Å². The van der Waals surface area contributed by atoms with Gasteiger partial charge in [0, 0.05) is 24.1 Å². The zero-order chi connectivity index (χ0) is 19.8. The van der Waals surface area contributed by atoms with E-state index >= 15 is 0 Å². The molecule has 4 rings (SSSR count). The Kier molecular flexibility index (Phi) is 5.51. The quantitative estimate of drug-likeness (QED) is 0.642. The summed E-state index contributed by atoms with van der Waals surface area (Å²) in [4.78, 5) is 54.5. The second-order valence-electron chi connectivity index (χ2n) is 6.63. The Morgan fingerprint density at radius 1 is 1.17 bits per heavy atom. The molecule has 1 atom stereocenters. The Hall–Kier alpha value is -3.46. The van der Waals surface area contributed by atoms with Crippen LogP contribution in [0.1, 0.15) is 39.1 Å². The van der Waals surface area contributed by atoms with Crippen molar-refractivity contribution in [3.8, 4) is 0 Å². The van der Waals surface area contributed by atoms with E-state index in [0.29, 0.717) is 22.5 Å². The highest BCUT2D eigenvalue weighted by atomic mass is 35.5. The molecule has 0 aliphatic carbocycles. The van der Waals surface area contributed by atoms with Crippen molar-refractivity contribution in [2.45, 2.75) is 25.4 Å². The first kappa shape index (κ1) is 20.3. The molecule has 0 bridgehead atoms. The summed E-state index contributed by atoms with van der Waals surface area (Å²) in [6.07, 6.45) is 0.435. The summed E-state index contributed by atoms with van der Waals surface area (Å²) in [5.74, 6) is -1.02. The predicted octanol–water partition coefficient (Wildman–Crippen LogP) is 1.10. The highest BCUT2D eigenvalue weighted by Crippen LogP contribution is 2.30. The molecule has 1 aromatic carbocycles. The molecule has 10 heteroatoms. The molecule has 4 amide bonds. The standard InChI is InChI=1S/C19H17N5O4.ClH/c20-14-5-2-6-15(21-14)22-17(26)10-3-1-4-11-12(10)9-24(19(11)28)13-7-8-16(25)23-18(13)27;/h1-6,13H,7-9H2,(H,23,25,27)(H3,20,21,22,26);1H. The predicted molar refractivity (Wildman–Crippen MR) is 106 cm³/mol. The van der Waals surface area contributed by atoms with Crippen LogP contribution in [-0.2, 0) is 16.1 Å². The van der Waals surface area contributed by atoms with Crippen LogP contribution in [0.3, 0.4) is 0 Å². The van der Waals surface area contributed by atoms with Crippen molar-refractivity contribution in [2.24, 2.45) is 0 Å². The van der Waals surface area contributed by atoms with Crippen LogP contribution in [0.4, 0.5) is 11.6 Å². The second-order valence-corrected chi connectivity index (χ2v) is 6.63. The molecule has 150 valence electrons. The molecule has 29 heavy (non-hydrogen) atoms. The van der Waals surface area contributed by atoms with Gasteiger partial charge < -0.3 is 16.0 Å². The number of carbonyl (C=O) groups is 4. The van der Waals surface area contributed by atoms with Crippen molar-refractivity contribution in [3.05, 3.63) is 53.1 Å². The maximum atomic E-state index is 12.8. The van der Waals surface area contributed by atoms with Gasteiger partial charge in [0.2, 0.25) is 11.8 Å². The van der Waals surface area contributed by atoms with Crippen molar-refractivity contribution in [1.29, 1.82) is 0 Å². The van der Waals surface area contributed by atoms with E-state index in [1.807, 2.05) is 0 Å². The van der Waals surface area contributed by atoms with Crippen LogP contribution in [0.5, 0.6) is 0 Å². The molecule has 1 saturated heterocycles. The summed E-state index contributed by atoms with van der Waals surface area (Å²) in [5, 5.41) is 4.93. The zero-order valence-corrected chi connectivity index (χ0v) is 16.0. The summed E-state index contributed by atoms with van der Waals surface area (Å²) in [5.41, 5.74) is 6.87. The van der Waals surface area contributed by atoms with Crippen molar-refractivity contribution in [2.75, 3.05) is 11.1 Å². The fourth-order valence-corrected chi connectivity index (χ4v) is 3.50. The molecule has 1 fully saturated rings. The molecule has 1 aromatic heterocycles. The maximum absolute atomic E-state index is 12.8. The lowest BCUT2D eigenvalue weighted by molar-refractivity contribution is -0.136. The number of nitrogens with one attached hydrogen (secondary N) is 2. The van der Waals surface area contributed by atoms with Gasteiger partial charge in [0.15, 0.2) is 0 Å². The number of carbonyl (C=O) groups excluding carboxylic acids is 4. The third-order valence-corrected chi connectivity index (χ3v) is 4.84. The largest absolute Gasteiger partial charge is 0.384 e. The van der Waals surface area contributed by atoms with Crippen molar-refractivity contribution in [3.63, 3.8) is 0 Å². The molecule has 2 aliphatic rings. The normalized spacial score (nSPS) is 18.0. The lowest BCUT2D eigenvalue weighted by atomic mass is 10.0. The number of hydrogen-bond donors (Lipinski definition) is 3.